The summed E-state index contributed by atoms with van der Waals surface area (Å²) in [6.07, 6.45) is 38.4. The minimum Gasteiger partial charge on any atom is -0.365 e. The Morgan fingerprint density at radius 2 is 0.831 bits per heavy atom. The van der Waals surface area contributed by atoms with Crippen molar-refractivity contribution < 1.29 is 4.74 Å². The maximum Gasteiger partial charge on any atom is 0.0885 e. The molecular formula is C54H78N4O. The molecule has 5 heteroatoms. The van der Waals surface area contributed by atoms with Gasteiger partial charge in [0.05, 0.1) is 47.4 Å². The van der Waals surface area contributed by atoms with Crippen LogP contribution >= 0.6 is 0 Å². The average molecular weight is 799 g/mol. The van der Waals surface area contributed by atoms with Gasteiger partial charge in [-0.2, -0.15) is 0 Å². The van der Waals surface area contributed by atoms with E-state index in [0.717, 1.165) is 58.6 Å². The molecule has 0 amide bonds. The molecule has 0 saturated heterocycles. The summed E-state index contributed by atoms with van der Waals surface area (Å²) < 4.78 is 7.71. The molecule has 0 N–H and O–H groups in total. The van der Waals surface area contributed by atoms with E-state index in [0.29, 0.717) is 11.8 Å². The zero-order chi connectivity index (χ0) is 41.1. The van der Waals surface area contributed by atoms with E-state index >= 15 is 0 Å². The molecule has 2 aliphatic rings. The average Bonchev–Trinajstić information content (AvgIpc) is 3.29. The normalized spacial score (nSPS) is 20.7. The summed E-state index contributed by atoms with van der Waals surface area (Å²) in [7, 11) is 0. The maximum absolute atomic E-state index is 7.71. The molecule has 2 fully saturated rings. The maximum atomic E-state index is 7.71. The molecule has 4 aromatic rings. The van der Waals surface area contributed by atoms with Crippen molar-refractivity contribution >= 4 is 0 Å². The highest BCUT2D eigenvalue weighted by atomic mass is 16.5. The van der Waals surface area contributed by atoms with E-state index < -0.39 is 0 Å². The molecule has 2 aliphatic carbocycles. The fourth-order valence-electron chi connectivity index (χ4n) is 10.0. The minimum atomic E-state index is 0.0611. The molecule has 2 aromatic carbocycles. The number of hydrogen-bond acceptors (Lipinski definition) is 5. The summed E-state index contributed by atoms with van der Waals surface area (Å²) in [5.41, 5.74) is 8.99. The highest BCUT2D eigenvalue weighted by molar-refractivity contribution is 5.59. The molecule has 6 rings (SSSR count). The number of aryl methyl sites for hydroxylation is 2. The topological polar surface area (TPSA) is 60.8 Å². The van der Waals surface area contributed by atoms with Crippen molar-refractivity contribution in [3.63, 3.8) is 0 Å². The largest absolute Gasteiger partial charge is 0.365 e. The van der Waals surface area contributed by atoms with Crippen LogP contribution in [-0.4, -0.2) is 19.9 Å². The third-order valence-corrected chi connectivity index (χ3v) is 13.9. The van der Waals surface area contributed by atoms with Crippen LogP contribution in [0.15, 0.2) is 73.3 Å². The first kappa shape index (κ1) is 45.1. The van der Waals surface area contributed by atoms with Gasteiger partial charge in [-0.1, -0.05) is 179 Å². The Kier molecular flexibility index (Phi) is 18.9. The van der Waals surface area contributed by atoms with Gasteiger partial charge < -0.3 is 4.74 Å². The van der Waals surface area contributed by atoms with Crippen molar-refractivity contribution in [2.75, 3.05) is 0 Å². The lowest BCUT2D eigenvalue weighted by Gasteiger charge is -2.40. The smallest absolute Gasteiger partial charge is 0.0885 e. The first-order chi connectivity index (χ1) is 29.1. The van der Waals surface area contributed by atoms with Crippen molar-refractivity contribution in [3.05, 3.63) is 95.8 Å². The molecule has 2 atom stereocenters. The second kappa shape index (κ2) is 24.7. The van der Waals surface area contributed by atoms with Crippen molar-refractivity contribution in [2.45, 2.75) is 194 Å². The Morgan fingerprint density at radius 1 is 0.441 bits per heavy atom. The third-order valence-electron chi connectivity index (χ3n) is 13.9. The van der Waals surface area contributed by atoms with E-state index in [1.807, 2.05) is 24.8 Å². The SMILES string of the molecule is CCCCCCc1cnc(-c2ccc(C(OC(c3ccc(-c4cnc(CCCCCC)cn4)cc3)C3CCC(CCCC)CC3)C3CCC(CCCC)CC3)cc2)cn1. The lowest BCUT2D eigenvalue weighted by atomic mass is 9.74. The number of nitrogens with zero attached hydrogens (tertiary/aromatic N) is 4. The molecule has 0 spiro atoms. The van der Waals surface area contributed by atoms with Crippen molar-refractivity contribution in [1.29, 1.82) is 0 Å². The number of aromatic nitrogens is 4. The lowest BCUT2D eigenvalue weighted by Crippen LogP contribution is -2.28. The van der Waals surface area contributed by atoms with Crippen LogP contribution < -0.4 is 0 Å². The molecule has 2 unspecified atom stereocenters. The number of benzene rings is 2. The molecule has 5 nitrogen and oxygen atoms in total. The van der Waals surface area contributed by atoms with Crippen LogP contribution in [-0.2, 0) is 17.6 Å². The second-order valence-electron chi connectivity index (χ2n) is 18.5. The second-order valence-corrected chi connectivity index (χ2v) is 18.5. The molecule has 320 valence electrons. The van der Waals surface area contributed by atoms with Gasteiger partial charge in [-0.05, 0) is 86.2 Å². The fraction of sp³-hybridized carbons (Fsp3) is 0.630. The van der Waals surface area contributed by atoms with E-state index in [2.05, 4.69) is 76.2 Å². The summed E-state index contributed by atoms with van der Waals surface area (Å²) in [5.74, 6) is 2.76. The molecular weight excluding hydrogens is 721 g/mol. The van der Waals surface area contributed by atoms with Crippen molar-refractivity contribution in [2.24, 2.45) is 23.7 Å². The number of unbranched alkanes of at least 4 members (excludes halogenated alkanes) is 8. The predicted molar refractivity (Wildman–Crippen MR) is 247 cm³/mol. The van der Waals surface area contributed by atoms with E-state index in [4.69, 9.17) is 24.7 Å². The summed E-state index contributed by atoms with van der Waals surface area (Å²) in [6, 6.07) is 18.4. The predicted octanol–water partition coefficient (Wildman–Crippen LogP) is 15.6. The van der Waals surface area contributed by atoms with E-state index in [1.54, 1.807) is 0 Å². The van der Waals surface area contributed by atoms with E-state index in [9.17, 15) is 0 Å². The molecule has 2 aromatic heterocycles. The third kappa shape index (κ3) is 13.8. The lowest BCUT2D eigenvalue weighted by molar-refractivity contribution is -0.0907. The molecule has 2 saturated carbocycles. The van der Waals surface area contributed by atoms with Gasteiger partial charge in [0.2, 0.25) is 0 Å². The summed E-state index contributed by atoms with van der Waals surface area (Å²) in [5, 5.41) is 0. The van der Waals surface area contributed by atoms with Gasteiger partial charge in [-0.15, -0.1) is 0 Å². The zero-order valence-electron chi connectivity index (χ0n) is 37.6. The molecule has 0 aliphatic heterocycles. The van der Waals surface area contributed by atoms with Crippen LogP contribution in [0.1, 0.15) is 204 Å². The van der Waals surface area contributed by atoms with E-state index in [1.165, 1.54) is 152 Å². The number of hydrogen-bond donors (Lipinski definition) is 0. The van der Waals surface area contributed by atoms with Gasteiger partial charge in [0, 0.05) is 23.5 Å². The zero-order valence-corrected chi connectivity index (χ0v) is 37.6. The summed E-state index contributed by atoms with van der Waals surface area (Å²) >= 11 is 0. The Hall–Kier alpha value is -3.44. The van der Waals surface area contributed by atoms with Gasteiger partial charge in [-0.25, -0.2) is 0 Å². The molecule has 2 heterocycles. The van der Waals surface area contributed by atoms with Crippen LogP contribution in [0.5, 0.6) is 0 Å². The minimum absolute atomic E-state index is 0.0611. The highest BCUT2D eigenvalue weighted by Gasteiger charge is 2.36. The summed E-state index contributed by atoms with van der Waals surface area (Å²) in [4.78, 5) is 19.4. The summed E-state index contributed by atoms with van der Waals surface area (Å²) in [6.45, 7) is 9.18. The standard InChI is InChI=1S/C54H78N4O/c1-5-9-13-15-19-49-37-57-51(39-55-49)43-29-33-47(34-30-43)53(45-25-21-41(22-26-45)17-11-7-3)59-54(46-27-23-42(24-28-46)18-12-8-4)48-35-31-44(32-36-48)52-40-56-50(38-58-52)20-16-14-10-6-2/h29-42,45-46,53-54H,5-28H2,1-4H3. The van der Waals surface area contributed by atoms with Crippen LogP contribution in [0.25, 0.3) is 22.5 Å². The Morgan fingerprint density at radius 3 is 1.17 bits per heavy atom. The van der Waals surface area contributed by atoms with Crippen molar-refractivity contribution in [3.8, 4) is 22.5 Å². The fourth-order valence-corrected chi connectivity index (χ4v) is 10.0. The van der Waals surface area contributed by atoms with Crippen LogP contribution in [0.2, 0.25) is 0 Å². The van der Waals surface area contributed by atoms with E-state index in [-0.39, 0.29) is 12.2 Å². The first-order valence-electron chi connectivity index (χ1n) is 24.6. The molecule has 0 bridgehead atoms. The van der Waals surface area contributed by atoms with Gasteiger partial charge in [0.25, 0.3) is 0 Å². The number of ether oxygens (including phenoxy) is 1. The Bertz CT molecular complexity index is 1580. The van der Waals surface area contributed by atoms with Gasteiger partial charge in [-0.3, -0.25) is 19.9 Å². The highest BCUT2D eigenvalue weighted by Crippen LogP contribution is 2.47. The van der Waals surface area contributed by atoms with Gasteiger partial charge >= 0.3 is 0 Å². The Labute approximate surface area is 359 Å². The van der Waals surface area contributed by atoms with Gasteiger partial charge in [0.15, 0.2) is 0 Å². The quantitative estimate of drug-likeness (QED) is 0.0661. The van der Waals surface area contributed by atoms with Crippen LogP contribution in [0.4, 0.5) is 0 Å². The van der Waals surface area contributed by atoms with Gasteiger partial charge in [0.1, 0.15) is 0 Å². The van der Waals surface area contributed by atoms with Crippen LogP contribution in [0, 0.1) is 23.7 Å². The molecule has 0 radical (unpaired) electrons. The molecule has 59 heavy (non-hydrogen) atoms. The first-order valence-corrected chi connectivity index (χ1v) is 24.6. The number of rotatable bonds is 24. The van der Waals surface area contributed by atoms with Crippen LogP contribution in [0.3, 0.4) is 0 Å². The van der Waals surface area contributed by atoms with Crippen molar-refractivity contribution in [1.82, 2.24) is 19.9 Å². The Balaban J connectivity index is 1.23. The monoisotopic (exact) mass is 799 g/mol.